The van der Waals surface area contributed by atoms with Gasteiger partial charge in [-0.2, -0.15) is 9.61 Å². The lowest BCUT2D eigenvalue weighted by atomic mass is 10.1. The third-order valence-corrected chi connectivity index (χ3v) is 5.78. The summed E-state index contributed by atoms with van der Waals surface area (Å²) in [6.07, 6.45) is 3.12. The highest BCUT2D eigenvalue weighted by molar-refractivity contribution is 5.72. The smallest absolute Gasteiger partial charge is 0.161 e. The van der Waals surface area contributed by atoms with Crippen molar-refractivity contribution < 1.29 is 14.6 Å². The molecule has 33 heavy (non-hydrogen) atoms. The van der Waals surface area contributed by atoms with Gasteiger partial charge in [0.25, 0.3) is 0 Å². The average Bonchev–Trinajstić information content (AvgIpc) is 3.27. The zero-order valence-corrected chi connectivity index (χ0v) is 19.6. The molecule has 4 rings (SSSR count). The van der Waals surface area contributed by atoms with E-state index in [1.54, 1.807) is 13.1 Å². The molecule has 1 fully saturated rings. The van der Waals surface area contributed by atoms with Crippen LogP contribution in [0.4, 0.5) is 5.82 Å². The third-order valence-electron chi connectivity index (χ3n) is 5.78. The van der Waals surface area contributed by atoms with Gasteiger partial charge in [-0.15, -0.1) is 0 Å². The molecule has 1 saturated heterocycles. The molecular weight excluding hydrogens is 418 g/mol. The second-order valence-corrected chi connectivity index (χ2v) is 8.61. The van der Waals surface area contributed by atoms with Gasteiger partial charge in [0.2, 0.25) is 0 Å². The van der Waals surface area contributed by atoms with Crippen molar-refractivity contribution in [1.29, 1.82) is 0 Å². The van der Waals surface area contributed by atoms with Crippen LogP contribution in [0.15, 0.2) is 37.0 Å². The molecule has 2 aromatic heterocycles. The Balaban J connectivity index is 1.78. The van der Waals surface area contributed by atoms with Crippen molar-refractivity contribution in [3.8, 4) is 17.0 Å². The highest BCUT2D eigenvalue weighted by Gasteiger charge is 2.20. The van der Waals surface area contributed by atoms with E-state index in [2.05, 4.69) is 47.9 Å². The molecule has 1 atom stereocenters. The van der Waals surface area contributed by atoms with Crippen LogP contribution in [0.25, 0.3) is 23.0 Å². The number of morpholine rings is 1. The van der Waals surface area contributed by atoms with Crippen molar-refractivity contribution in [3.05, 3.63) is 48.2 Å². The lowest BCUT2D eigenvalue weighted by Crippen LogP contribution is -2.37. The molecule has 2 N–H and O–H groups in total. The summed E-state index contributed by atoms with van der Waals surface area (Å²) in [5.74, 6) is 1.97. The van der Waals surface area contributed by atoms with E-state index in [-0.39, 0.29) is 6.61 Å². The fraction of sp³-hybridized carbons (Fsp3) is 0.440. The van der Waals surface area contributed by atoms with E-state index in [9.17, 15) is 5.11 Å². The van der Waals surface area contributed by atoms with Crippen molar-refractivity contribution >= 4 is 17.5 Å². The fourth-order valence-electron chi connectivity index (χ4n) is 3.99. The maximum absolute atomic E-state index is 10.0. The number of rotatable bonds is 9. The lowest BCUT2D eigenvalue weighted by Gasteiger charge is -2.29. The van der Waals surface area contributed by atoms with Crippen LogP contribution in [0.5, 0.6) is 5.75 Å². The number of aliphatic hydroxyl groups is 1. The number of anilines is 1. The SMILES string of the molecule is C=Cc1cc(OC[C@@H](O)CNC)cc(-c2cc(N3CCOCC3)n3ncc(C(C)C)c3n2)c1. The first-order valence-corrected chi connectivity index (χ1v) is 11.4. The molecule has 8 nitrogen and oxygen atoms in total. The van der Waals surface area contributed by atoms with Gasteiger partial charge in [0.15, 0.2) is 5.65 Å². The molecule has 0 spiro atoms. The van der Waals surface area contributed by atoms with Gasteiger partial charge in [0, 0.05) is 36.8 Å². The van der Waals surface area contributed by atoms with Gasteiger partial charge in [0.1, 0.15) is 24.3 Å². The molecule has 0 bridgehead atoms. The number of ether oxygens (including phenoxy) is 2. The minimum atomic E-state index is -0.589. The lowest BCUT2D eigenvalue weighted by molar-refractivity contribution is 0.108. The molecule has 3 heterocycles. The first-order valence-electron chi connectivity index (χ1n) is 11.4. The van der Waals surface area contributed by atoms with Crippen LogP contribution < -0.4 is 15.0 Å². The molecule has 8 heteroatoms. The van der Waals surface area contributed by atoms with Crippen LogP contribution in [0.3, 0.4) is 0 Å². The van der Waals surface area contributed by atoms with E-state index in [0.29, 0.717) is 31.4 Å². The van der Waals surface area contributed by atoms with E-state index in [1.165, 1.54) is 0 Å². The first-order chi connectivity index (χ1) is 16.0. The quantitative estimate of drug-likeness (QED) is 0.517. The highest BCUT2D eigenvalue weighted by Crippen LogP contribution is 2.31. The van der Waals surface area contributed by atoms with Crippen molar-refractivity contribution in [2.24, 2.45) is 0 Å². The van der Waals surface area contributed by atoms with Gasteiger partial charge in [-0.05, 0) is 36.7 Å². The number of fused-ring (bicyclic) bond motifs is 1. The number of benzene rings is 1. The molecule has 1 aromatic carbocycles. The monoisotopic (exact) mass is 451 g/mol. The maximum Gasteiger partial charge on any atom is 0.161 e. The number of aliphatic hydroxyl groups excluding tert-OH is 1. The minimum absolute atomic E-state index is 0.201. The Bertz CT molecular complexity index is 1100. The van der Waals surface area contributed by atoms with E-state index in [4.69, 9.17) is 14.5 Å². The van der Waals surface area contributed by atoms with E-state index in [0.717, 1.165) is 46.9 Å². The predicted octanol–water partition coefficient (Wildman–Crippen LogP) is 2.96. The number of hydrogen-bond donors (Lipinski definition) is 2. The van der Waals surface area contributed by atoms with Crippen LogP contribution in [-0.4, -0.2) is 72.3 Å². The number of hydrogen-bond acceptors (Lipinski definition) is 7. The molecular formula is C25H33N5O3. The Kier molecular flexibility index (Phi) is 7.27. The summed E-state index contributed by atoms with van der Waals surface area (Å²) >= 11 is 0. The van der Waals surface area contributed by atoms with E-state index in [1.807, 2.05) is 22.8 Å². The zero-order valence-electron chi connectivity index (χ0n) is 19.6. The van der Waals surface area contributed by atoms with Gasteiger partial charge in [-0.25, -0.2) is 4.98 Å². The van der Waals surface area contributed by atoms with Gasteiger partial charge in [-0.1, -0.05) is 26.5 Å². The summed E-state index contributed by atoms with van der Waals surface area (Å²) in [5.41, 5.74) is 4.67. The molecule has 176 valence electrons. The summed E-state index contributed by atoms with van der Waals surface area (Å²) in [6, 6.07) is 8.02. The second kappa shape index (κ2) is 10.3. The van der Waals surface area contributed by atoms with Crippen LogP contribution >= 0.6 is 0 Å². The summed E-state index contributed by atoms with van der Waals surface area (Å²) in [4.78, 5) is 7.31. The zero-order chi connectivity index (χ0) is 23.4. The van der Waals surface area contributed by atoms with Crippen molar-refractivity contribution in [2.45, 2.75) is 25.9 Å². The number of aromatic nitrogens is 3. The molecule has 0 radical (unpaired) electrons. The summed E-state index contributed by atoms with van der Waals surface area (Å²) in [7, 11) is 1.80. The molecule has 0 saturated carbocycles. The molecule has 1 aliphatic rings. The summed E-state index contributed by atoms with van der Waals surface area (Å²) < 4.78 is 13.4. The Morgan fingerprint density at radius 2 is 2.03 bits per heavy atom. The summed E-state index contributed by atoms with van der Waals surface area (Å²) in [5, 5.41) is 17.7. The van der Waals surface area contributed by atoms with Crippen molar-refractivity contribution in [1.82, 2.24) is 19.9 Å². The fourth-order valence-corrected chi connectivity index (χ4v) is 3.99. The van der Waals surface area contributed by atoms with Crippen molar-refractivity contribution in [3.63, 3.8) is 0 Å². The second-order valence-electron chi connectivity index (χ2n) is 8.61. The van der Waals surface area contributed by atoms with E-state index >= 15 is 0 Å². The molecule has 3 aromatic rings. The Hall–Kier alpha value is -2.94. The molecule has 0 amide bonds. The topological polar surface area (TPSA) is 84.2 Å². The number of likely N-dealkylation sites (N-methyl/N-ethyl adjacent to an activating group) is 1. The minimum Gasteiger partial charge on any atom is -0.491 e. The van der Waals surface area contributed by atoms with Gasteiger partial charge < -0.3 is 24.8 Å². The standard InChI is InChI=1S/C25H33N5O3/c1-5-18-10-19(12-21(11-18)33-16-20(31)14-26-4)23-13-24(29-6-8-32-9-7-29)30-25(28-23)22(15-27-30)17(2)3/h5,10-13,15,17,20,26,31H,1,6-9,14,16H2,2-4H3/t20-/m0/s1. The predicted molar refractivity (Wildman–Crippen MR) is 131 cm³/mol. The van der Waals surface area contributed by atoms with Crippen LogP contribution in [-0.2, 0) is 4.74 Å². The van der Waals surface area contributed by atoms with Crippen LogP contribution in [0.1, 0.15) is 30.9 Å². The largest absolute Gasteiger partial charge is 0.491 e. The average molecular weight is 452 g/mol. The first kappa shape index (κ1) is 23.2. The Morgan fingerprint density at radius 1 is 1.24 bits per heavy atom. The molecule has 0 unspecified atom stereocenters. The normalized spacial score (nSPS) is 15.2. The molecule has 0 aliphatic carbocycles. The highest BCUT2D eigenvalue weighted by atomic mass is 16.5. The van der Waals surface area contributed by atoms with Gasteiger partial charge in [-0.3, -0.25) is 0 Å². The van der Waals surface area contributed by atoms with Crippen LogP contribution in [0.2, 0.25) is 0 Å². The van der Waals surface area contributed by atoms with E-state index < -0.39 is 6.10 Å². The Labute approximate surface area is 194 Å². The Morgan fingerprint density at radius 3 is 2.73 bits per heavy atom. The number of nitrogens with one attached hydrogen (secondary N) is 1. The van der Waals surface area contributed by atoms with Gasteiger partial charge >= 0.3 is 0 Å². The maximum atomic E-state index is 10.0. The molecule has 1 aliphatic heterocycles. The third kappa shape index (κ3) is 5.19. The van der Waals surface area contributed by atoms with Gasteiger partial charge in [0.05, 0.1) is 25.1 Å². The number of nitrogens with zero attached hydrogens (tertiary/aromatic N) is 4. The summed E-state index contributed by atoms with van der Waals surface area (Å²) in [6.45, 7) is 11.9. The van der Waals surface area contributed by atoms with Crippen LogP contribution in [0, 0.1) is 0 Å². The van der Waals surface area contributed by atoms with Crippen molar-refractivity contribution in [2.75, 3.05) is 51.4 Å².